The topological polar surface area (TPSA) is 217 Å². The molecule has 0 bridgehead atoms. The lowest BCUT2D eigenvalue weighted by Crippen LogP contribution is -2.55. The van der Waals surface area contributed by atoms with E-state index in [1.165, 1.54) is 19.1 Å². The molecule has 4 atom stereocenters. The van der Waals surface area contributed by atoms with Gasteiger partial charge < -0.3 is 37.2 Å². The van der Waals surface area contributed by atoms with Crippen molar-refractivity contribution in [3.63, 3.8) is 0 Å². The number of amides is 4. The van der Waals surface area contributed by atoms with Crippen molar-refractivity contribution < 1.29 is 39.0 Å². The summed E-state index contributed by atoms with van der Waals surface area (Å²) in [7, 11) is 0. The van der Waals surface area contributed by atoms with Crippen molar-refractivity contribution in [2.45, 2.75) is 64.2 Å². The molecule has 2 rings (SSSR count). The highest BCUT2D eigenvalue weighted by molar-refractivity contribution is 5.94. The van der Waals surface area contributed by atoms with Gasteiger partial charge in [0.2, 0.25) is 23.6 Å². The molecule has 13 heteroatoms. The summed E-state index contributed by atoms with van der Waals surface area (Å²) in [5.74, 6) is -4.93. The van der Waals surface area contributed by atoms with Gasteiger partial charge >= 0.3 is 11.9 Å². The molecule has 0 saturated carbocycles. The highest BCUT2D eigenvalue weighted by atomic mass is 16.4. The van der Waals surface area contributed by atoms with E-state index in [2.05, 4.69) is 21.3 Å². The zero-order valence-electron chi connectivity index (χ0n) is 24.3. The predicted molar refractivity (Wildman–Crippen MR) is 157 cm³/mol. The number of nitrogens with one attached hydrogen (secondary N) is 4. The fraction of sp³-hybridized carbons (Fsp3) is 0.400. The van der Waals surface area contributed by atoms with Crippen LogP contribution in [0.4, 0.5) is 0 Å². The van der Waals surface area contributed by atoms with Crippen molar-refractivity contribution >= 4 is 35.6 Å². The largest absolute Gasteiger partial charge is 0.480 e. The number of aliphatic carboxylic acids is 1. The van der Waals surface area contributed by atoms with E-state index in [-0.39, 0.29) is 30.7 Å². The first-order chi connectivity index (χ1) is 20.3. The molecule has 2 aromatic rings. The van der Waals surface area contributed by atoms with Gasteiger partial charge in [-0.2, -0.15) is 0 Å². The number of rotatable bonds is 16. The van der Waals surface area contributed by atoms with Crippen LogP contribution in [0.25, 0.3) is 0 Å². The molecule has 13 nitrogen and oxygen atoms in total. The Bertz CT molecular complexity index is 1280. The molecule has 0 aliphatic rings. The molecule has 0 unspecified atom stereocenters. The number of carboxylic acid groups (broad SMARTS) is 2. The minimum absolute atomic E-state index is 0.00109. The summed E-state index contributed by atoms with van der Waals surface area (Å²) in [6.07, 6.45) is 0.393. The molecule has 0 aromatic heterocycles. The molecule has 0 spiro atoms. The Balaban J connectivity index is 1.94. The highest BCUT2D eigenvalue weighted by Gasteiger charge is 2.28. The lowest BCUT2D eigenvalue weighted by Gasteiger charge is -2.23. The van der Waals surface area contributed by atoms with Crippen LogP contribution in [-0.2, 0) is 36.8 Å². The standard InChI is InChI=1S/C30H39N5O8/c1-17(2)13-24(30(42)43)35-28(39)23(15-19-7-5-4-6-8-19)34-25(36)16-32-26(37)18(3)33-27(38)22(31)14-20-9-11-21(12-10-20)29(40)41/h4-12,17-18,22-24H,13-16,31H2,1-3H3,(H,32,37)(H,33,38)(H,34,36)(H,35,39)(H,40,41)(H,42,43)/t18-,22-,23-,24-/m0/s1. The molecular formula is C30H39N5O8. The molecule has 232 valence electrons. The Labute approximate surface area is 249 Å². The Morgan fingerprint density at radius 2 is 1.33 bits per heavy atom. The number of carbonyl (C=O) groups is 6. The van der Waals surface area contributed by atoms with Crippen LogP contribution < -0.4 is 27.0 Å². The second-order valence-electron chi connectivity index (χ2n) is 10.6. The van der Waals surface area contributed by atoms with Gasteiger partial charge in [0.05, 0.1) is 18.2 Å². The Kier molecular flexibility index (Phi) is 13.3. The zero-order valence-corrected chi connectivity index (χ0v) is 24.3. The normalized spacial score (nSPS) is 13.6. The van der Waals surface area contributed by atoms with E-state index in [1.54, 1.807) is 42.5 Å². The first-order valence-electron chi connectivity index (χ1n) is 13.8. The summed E-state index contributed by atoms with van der Waals surface area (Å²) in [5.41, 5.74) is 7.40. The third-order valence-corrected chi connectivity index (χ3v) is 6.42. The number of nitrogens with two attached hydrogens (primary N) is 1. The zero-order chi connectivity index (χ0) is 32.1. The van der Waals surface area contributed by atoms with Gasteiger partial charge in [-0.3, -0.25) is 19.2 Å². The molecular weight excluding hydrogens is 558 g/mol. The Morgan fingerprint density at radius 1 is 0.721 bits per heavy atom. The minimum Gasteiger partial charge on any atom is -0.480 e. The highest BCUT2D eigenvalue weighted by Crippen LogP contribution is 2.09. The second-order valence-corrected chi connectivity index (χ2v) is 10.6. The molecule has 0 fully saturated rings. The number of hydrogen-bond acceptors (Lipinski definition) is 7. The summed E-state index contributed by atoms with van der Waals surface area (Å²) in [4.78, 5) is 73.4. The predicted octanol–water partition coefficient (Wildman–Crippen LogP) is 0.219. The van der Waals surface area contributed by atoms with E-state index < -0.39 is 66.3 Å². The molecule has 4 amide bonds. The number of carboxylic acids is 2. The van der Waals surface area contributed by atoms with E-state index in [4.69, 9.17) is 10.8 Å². The molecule has 2 aromatic carbocycles. The van der Waals surface area contributed by atoms with Crippen LogP contribution in [-0.4, -0.2) is 76.5 Å². The van der Waals surface area contributed by atoms with Gasteiger partial charge in [0.1, 0.15) is 18.1 Å². The maximum Gasteiger partial charge on any atom is 0.335 e. The van der Waals surface area contributed by atoms with Gasteiger partial charge in [-0.15, -0.1) is 0 Å². The number of hydrogen-bond donors (Lipinski definition) is 7. The van der Waals surface area contributed by atoms with Gasteiger partial charge in [-0.25, -0.2) is 9.59 Å². The third-order valence-electron chi connectivity index (χ3n) is 6.42. The van der Waals surface area contributed by atoms with Crippen molar-refractivity contribution in [1.82, 2.24) is 21.3 Å². The van der Waals surface area contributed by atoms with E-state index >= 15 is 0 Å². The Hall–Kier alpha value is -4.78. The molecule has 8 N–H and O–H groups in total. The van der Waals surface area contributed by atoms with Gasteiger partial charge in [0.15, 0.2) is 0 Å². The van der Waals surface area contributed by atoms with Gasteiger partial charge in [-0.05, 0) is 48.9 Å². The fourth-order valence-electron chi connectivity index (χ4n) is 4.11. The van der Waals surface area contributed by atoms with Crippen molar-refractivity contribution in [3.8, 4) is 0 Å². The van der Waals surface area contributed by atoms with E-state index in [0.717, 1.165) is 5.56 Å². The molecule has 0 aliphatic carbocycles. The lowest BCUT2D eigenvalue weighted by molar-refractivity contribution is -0.142. The van der Waals surface area contributed by atoms with Crippen molar-refractivity contribution in [3.05, 3.63) is 71.3 Å². The summed E-state index contributed by atoms with van der Waals surface area (Å²) < 4.78 is 0. The van der Waals surface area contributed by atoms with E-state index in [9.17, 15) is 33.9 Å². The van der Waals surface area contributed by atoms with E-state index in [0.29, 0.717) is 5.56 Å². The SMILES string of the molecule is CC(C)C[C@H](NC(=O)[C@H](Cc1ccccc1)NC(=O)CNC(=O)[C@H](C)NC(=O)[C@@H](N)Cc1ccc(C(=O)O)cc1)C(=O)O. The van der Waals surface area contributed by atoms with Crippen molar-refractivity contribution in [1.29, 1.82) is 0 Å². The first kappa shape index (κ1) is 34.4. The van der Waals surface area contributed by atoms with Gasteiger partial charge in [-0.1, -0.05) is 56.3 Å². The molecule has 0 aliphatic heterocycles. The van der Waals surface area contributed by atoms with Crippen LogP contribution in [0, 0.1) is 5.92 Å². The summed E-state index contributed by atoms with van der Waals surface area (Å²) >= 11 is 0. The second kappa shape index (κ2) is 16.6. The fourth-order valence-corrected chi connectivity index (χ4v) is 4.11. The third kappa shape index (κ3) is 11.9. The molecule has 43 heavy (non-hydrogen) atoms. The maximum absolute atomic E-state index is 13.0. The average molecular weight is 598 g/mol. The molecule has 0 radical (unpaired) electrons. The van der Waals surface area contributed by atoms with Crippen LogP contribution in [0.5, 0.6) is 0 Å². The van der Waals surface area contributed by atoms with Crippen LogP contribution in [0.2, 0.25) is 0 Å². The number of benzene rings is 2. The monoisotopic (exact) mass is 597 g/mol. The van der Waals surface area contributed by atoms with Crippen LogP contribution in [0.3, 0.4) is 0 Å². The molecule has 0 saturated heterocycles. The smallest absolute Gasteiger partial charge is 0.335 e. The van der Waals surface area contributed by atoms with Crippen molar-refractivity contribution in [2.24, 2.45) is 11.7 Å². The first-order valence-corrected chi connectivity index (χ1v) is 13.8. The maximum atomic E-state index is 13.0. The summed E-state index contributed by atoms with van der Waals surface area (Å²) in [6, 6.07) is 10.4. The summed E-state index contributed by atoms with van der Waals surface area (Å²) in [6.45, 7) is 4.55. The van der Waals surface area contributed by atoms with Crippen LogP contribution in [0.15, 0.2) is 54.6 Å². The Morgan fingerprint density at radius 3 is 1.88 bits per heavy atom. The molecule has 0 heterocycles. The van der Waals surface area contributed by atoms with E-state index in [1.807, 2.05) is 13.8 Å². The van der Waals surface area contributed by atoms with Crippen LogP contribution in [0.1, 0.15) is 48.7 Å². The quantitative estimate of drug-likeness (QED) is 0.141. The lowest BCUT2D eigenvalue weighted by atomic mass is 10.0. The average Bonchev–Trinajstić information content (AvgIpc) is 2.95. The van der Waals surface area contributed by atoms with Gasteiger partial charge in [0.25, 0.3) is 0 Å². The minimum atomic E-state index is -1.19. The number of aromatic carboxylic acids is 1. The summed E-state index contributed by atoms with van der Waals surface area (Å²) in [5, 5.41) is 28.4. The van der Waals surface area contributed by atoms with Crippen molar-refractivity contribution in [2.75, 3.05) is 6.54 Å². The number of carbonyl (C=O) groups excluding carboxylic acids is 4. The van der Waals surface area contributed by atoms with Gasteiger partial charge in [0, 0.05) is 6.42 Å². The van der Waals surface area contributed by atoms with Crippen LogP contribution >= 0.6 is 0 Å².